The van der Waals surface area contributed by atoms with E-state index in [-0.39, 0.29) is 0 Å². The van der Waals surface area contributed by atoms with Crippen molar-refractivity contribution in [2.75, 3.05) is 0 Å². The topological polar surface area (TPSA) is 57.2 Å². The number of carbonyl (C=O) groups is 1. The van der Waals surface area contributed by atoms with Gasteiger partial charge in [0, 0.05) is 29.7 Å². The average molecular weight is 292 g/mol. The molecule has 0 fully saturated rings. The van der Waals surface area contributed by atoms with E-state index in [9.17, 15) is 4.79 Å². The standard InChI is InChI=1S/C18H16N2O2/c19-22-18(21)9-7-14-6-8-17-16(12-14)10-11-20(17)13-15-4-2-1-3-5-15/h1-12H,13,19H2/b9-7+. The predicted molar refractivity (Wildman–Crippen MR) is 86.8 cm³/mol. The number of benzene rings is 2. The first-order valence-electron chi connectivity index (χ1n) is 6.98. The molecule has 0 aliphatic rings. The summed E-state index contributed by atoms with van der Waals surface area (Å²) in [6.07, 6.45) is 5.06. The molecule has 3 aromatic rings. The lowest BCUT2D eigenvalue weighted by Crippen LogP contribution is -2.05. The minimum atomic E-state index is -0.568. The Bertz CT molecular complexity index is 819. The summed E-state index contributed by atoms with van der Waals surface area (Å²) in [4.78, 5) is 15.1. The van der Waals surface area contributed by atoms with E-state index in [0.717, 1.165) is 23.0 Å². The number of hydrogen-bond donors (Lipinski definition) is 1. The van der Waals surface area contributed by atoms with Crippen LogP contribution in [0, 0.1) is 0 Å². The molecule has 0 saturated carbocycles. The number of rotatable bonds is 4. The first-order valence-corrected chi connectivity index (χ1v) is 6.98. The summed E-state index contributed by atoms with van der Waals surface area (Å²) in [5, 5.41) is 1.12. The highest BCUT2D eigenvalue weighted by Gasteiger charge is 2.02. The lowest BCUT2D eigenvalue weighted by molar-refractivity contribution is -0.138. The molecule has 0 atom stereocenters. The average Bonchev–Trinajstić information content (AvgIpc) is 2.96. The van der Waals surface area contributed by atoms with Crippen molar-refractivity contribution in [3.05, 3.63) is 78.0 Å². The Morgan fingerprint density at radius 3 is 2.73 bits per heavy atom. The van der Waals surface area contributed by atoms with Crippen LogP contribution in [-0.4, -0.2) is 10.5 Å². The van der Waals surface area contributed by atoms with Crippen molar-refractivity contribution in [3.63, 3.8) is 0 Å². The van der Waals surface area contributed by atoms with Crippen LogP contribution in [0.1, 0.15) is 11.1 Å². The zero-order valence-electron chi connectivity index (χ0n) is 12.0. The molecular weight excluding hydrogens is 276 g/mol. The Morgan fingerprint density at radius 1 is 1.14 bits per heavy atom. The second-order valence-electron chi connectivity index (χ2n) is 5.02. The van der Waals surface area contributed by atoms with Crippen molar-refractivity contribution in [1.29, 1.82) is 0 Å². The maximum Gasteiger partial charge on any atom is 0.349 e. The van der Waals surface area contributed by atoms with Crippen molar-refractivity contribution < 1.29 is 9.63 Å². The van der Waals surface area contributed by atoms with Crippen LogP contribution in [0.3, 0.4) is 0 Å². The maximum absolute atomic E-state index is 11.0. The SMILES string of the molecule is NOC(=O)/C=C/c1ccc2c(ccn2Cc2ccccc2)c1. The summed E-state index contributed by atoms with van der Waals surface area (Å²) in [6, 6.07) is 18.4. The Balaban J connectivity index is 1.86. The molecule has 0 bridgehead atoms. The smallest absolute Gasteiger partial charge is 0.349 e. The van der Waals surface area contributed by atoms with Gasteiger partial charge in [-0.25, -0.2) is 4.79 Å². The van der Waals surface area contributed by atoms with Crippen LogP contribution in [0.15, 0.2) is 66.9 Å². The molecule has 0 aliphatic heterocycles. The number of nitrogens with two attached hydrogens (primary N) is 1. The van der Waals surface area contributed by atoms with Gasteiger partial charge in [-0.05, 0) is 35.4 Å². The Kier molecular flexibility index (Phi) is 4.03. The number of nitrogens with zero attached hydrogens (tertiary/aromatic N) is 1. The van der Waals surface area contributed by atoms with Gasteiger partial charge in [-0.1, -0.05) is 36.4 Å². The van der Waals surface area contributed by atoms with Gasteiger partial charge in [0.05, 0.1) is 0 Å². The van der Waals surface area contributed by atoms with Crippen molar-refractivity contribution in [2.24, 2.45) is 5.90 Å². The second kappa shape index (κ2) is 6.28. The van der Waals surface area contributed by atoms with Crippen molar-refractivity contribution in [2.45, 2.75) is 6.54 Å². The third-order valence-electron chi connectivity index (χ3n) is 3.52. The molecule has 1 heterocycles. The summed E-state index contributed by atoms with van der Waals surface area (Å²) in [6.45, 7) is 0.832. The third-order valence-corrected chi connectivity index (χ3v) is 3.52. The molecule has 110 valence electrons. The number of carbonyl (C=O) groups excluding carboxylic acids is 1. The van der Waals surface area contributed by atoms with E-state index in [1.54, 1.807) is 6.08 Å². The van der Waals surface area contributed by atoms with Gasteiger partial charge in [0.1, 0.15) is 0 Å². The number of hydrogen-bond acceptors (Lipinski definition) is 3. The van der Waals surface area contributed by atoms with Gasteiger partial charge >= 0.3 is 5.97 Å². The normalized spacial score (nSPS) is 11.1. The Hall–Kier alpha value is -2.85. The minimum Gasteiger partial charge on any atom is -0.370 e. The van der Waals surface area contributed by atoms with E-state index in [1.165, 1.54) is 11.6 Å². The molecule has 22 heavy (non-hydrogen) atoms. The van der Waals surface area contributed by atoms with Crippen molar-refractivity contribution in [3.8, 4) is 0 Å². The molecule has 0 unspecified atom stereocenters. The minimum absolute atomic E-state index is 0.568. The highest BCUT2D eigenvalue weighted by atomic mass is 16.7. The van der Waals surface area contributed by atoms with Gasteiger partial charge in [0.2, 0.25) is 0 Å². The summed E-state index contributed by atoms with van der Waals surface area (Å²) >= 11 is 0. The summed E-state index contributed by atoms with van der Waals surface area (Å²) in [5.74, 6) is 4.23. The summed E-state index contributed by atoms with van der Waals surface area (Å²) < 4.78 is 2.20. The molecule has 0 amide bonds. The molecule has 2 aromatic carbocycles. The van der Waals surface area contributed by atoms with Crippen LogP contribution in [0.4, 0.5) is 0 Å². The van der Waals surface area contributed by atoms with Crippen molar-refractivity contribution in [1.82, 2.24) is 4.57 Å². The molecule has 4 nitrogen and oxygen atoms in total. The van der Waals surface area contributed by atoms with E-state index in [0.29, 0.717) is 0 Å². The summed E-state index contributed by atoms with van der Waals surface area (Å²) in [7, 11) is 0. The van der Waals surface area contributed by atoms with Gasteiger partial charge in [0.15, 0.2) is 0 Å². The van der Waals surface area contributed by atoms with Gasteiger partial charge < -0.3 is 9.40 Å². The fourth-order valence-electron chi connectivity index (χ4n) is 2.44. The molecule has 4 heteroatoms. The molecule has 3 rings (SSSR count). The maximum atomic E-state index is 11.0. The quantitative estimate of drug-likeness (QED) is 0.594. The largest absolute Gasteiger partial charge is 0.370 e. The van der Waals surface area contributed by atoms with Crippen molar-refractivity contribution >= 4 is 22.9 Å². The predicted octanol–water partition coefficient (Wildman–Crippen LogP) is 3.12. The van der Waals surface area contributed by atoms with Gasteiger partial charge in [-0.15, -0.1) is 0 Å². The van der Waals surface area contributed by atoms with Gasteiger partial charge in [-0.3, -0.25) is 0 Å². The lowest BCUT2D eigenvalue weighted by Gasteiger charge is -2.06. The van der Waals surface area contributed by atoms with E-state index in [2.05, 4.69) is 33.8 Å². The Morgan fingerprint density at radius 2 is 1.95 bits per heavy atom. The second-order valence-corrected chi connectivity index (χ2v) is 5.02. The fraction of sp³-hybridized carbons (Fsp3) is 0.0556. The first-order chi connectivity index (χ1) is 10.8. The zero-order chi connectivity index (χ0) is 15.4. The van der Waals surface area contributed by atoms with E-state index in [1.807, 2.05) is 36.4 Å². The molecule has 2 N–H and O–H groups in total. The lowest BCUT2D eigenvalue weighted by atomic mass is 10.1. The highest BCUT2D eigenvalue weighted by molar-refractivity contribution is 5.88. The monoisotopic (exact) mass is 292 g/mol. The van der Waals surface area contributed by atoms with E-state index in [4.69, 9.17) is 5.90 Å². The molecule has 0 saturated heterocycles. The van der Waals surface area contributed by atoms with E-state index < -0.39 is 5.97 Å². The molecular formula is C18H16N2O2. The van der Waals surface area contributed by atoms with Crippen LogP contribution in [0.25, 0.3) is 17.0 Å². The molecule has 0 radical (unpaired) electrons. The Labute approximate surface area is 128 Å². The van der Waals surface area contributed by atoms with Gasteiger partial charge in [-0.2, -0.15) is 5.90 Å². The number of fused-ring (bicyclic) bond motifs is 1. The van der Waals surface area contributed by atoms with Crippen LogP contribution >= 0.6 is 0 Å². The third kappa shape index (κ3) is 3.07. The summed E-state index contributed by atoms with van der Waals surface area (Å²) in [5.41, 5.74) is 3.34. The van der Waals surface area contributed by atoms with Crippen LogP contribution in [-0.2, 0) is 16.2 Å². The van der Waals surface area contributed by atoms with Crippen LogP contribution in [0.2, 0.25) is 0 Å². The van der Waals surface area contributed by atoms with E-state index >= 15 is 0 Å². The molecule has 1 aromatic heterocycles. The van der Waals surface area contributed by atoms with Gasteiger partial charge in [0.25, 0.3) is 0 Å². The fourth-order valence-corrected chi connectivity index (χ4v) is 2.44. The molecule has 0 aliphatic carbocycles. The zero-order valence-corrected chi connectivity index (χ0v) is 12.0. The molecule has 0 spiro atoms. The van der Waals surface area contributed by atoms with Crippen LogP contribution in [0.5, 0.6) is 0 Å². The highest BCUT2D eigenvalue weighted by Crippen LogP contribution is 2.19. The number of aromatic nitrogens is 1. The van der Waals surface area contributed by atoms with Crippen LogP contribution < -0.4 is 5.90 Å². The first kappa shape index (κ1) is 14.1.